The molecule has 0 aliphatic carbocycles. The van der Waals surface area contributed by atoms with Gasteiger partial charge in [0.2, 0.25) is 12.3 Å². The average molecular weight is 370 g/mol. The molecular weight excluding hydrogens is 356 g/mol. The molecule has 0 bridgehead atoms. The normalized spacial score (nSPS) is 11.5. The van der Waals surface area contributed by atoms with Gasteiger partial charge in [0.15, 0.2) is 0 Å². The zero-order chi connectivity index (χ0) is 19.3. The molecule has 136 valence electrons. The summed E-state index contributed by atoms with van der Waals surface area (Å²) in [7, 11) is 0. The summed E-state index contributed by atoms with van der Waals surface area (Å²) in [5, 5.41) is 24.0. The van der Waals surface area contributed by atoms with Crippen molar-refractivity contribution in [3.05, 3.63) is 84.5 Å². The van der Waals surface area contributed by atoms with E-state index in [-0.39, 0.29) is 5.91 Å². The van der Waals surface area contributed by atoms with Crippen LogP contribution in [0.3, 0.4) is 0 Å². The third-order valence-corrected chi connectivity index (χ3v) is 4.09. The second-order valence-corrected chi connectivity index (χ2v) is 5.91. The lowest BCUT2D eigenvalue weighted by molar-refractivity contribution is 0.0945. The molecule has 4 rings (SSSR count). The smallest absolute Gasteiger partial charge is 0.252 e. The molecule has 8 heteroatoms. The van der Waals surface area contributed by atoms with Gasteiger partial charge in [0.25, 0.3) is 5.91 Å². The van der Waals surface area contributed by atoms with Gasteiger partial charge in [-0.25, -0.2) is 4.68 Å². The van der Waals surface area contributed by atoms with E-state index in [1.807, 2.05) is 30.3 Å². The molecule has 2 aromatic heterocycles. The molecule has 0 aliphatic heterocycles. The number of aromatic nitrogens is 4. The zero-order valence-electron chi connectivity index (χ0n) is 14.6. The first-order valence-electron chi connectivity index (χ1n) is 8.41. The molecule has 8 nitrogen and oxygen atoms in total. The lowest BCUT2D eigenvalue weighted by Crippen LogP contribution is -2.27. The van der Waals surface area contributed by atoms with Crippen LogP contribution in [0.25, 0.3) is 17.1 Å². The van der Waals surface area contributed by atoms with Crippen LogP contribution in [0.1, 0.15) is 22.0 Å². The van der Waals surface area contributed by atoms with E-state index in [0.717, 1.165) is 5.69 Å². The molecule has 0 aliphatic rings. The number of nitriles is 1. The van der Waals surface area contributed by atoms with E-state index in [9.17, 15) is 10.1 Å². The Hall–Kier alpha value is -4.25. The molecule has 0 saturated heterocycles. The van der Waals surface area contributed by atoms with Crippen molar-refractivity contribution < 1.29 is 9.21 Å². The Morgan fingerprint density at radius 2 is 2.04 bits per heavy atom. The van der Waals surface area contributed by atoms with Gasteiger partial charge < -0.3 is 9.73 Å². The van der Waals surface area contributed by atoms with Crippen molar-refractivity contribution in [1.29, 1.82) is 5.26 Å². The molecule has 0 spiro atoms. The fraction of sp³-hybridized carbons (Fsp3) is 0.0500. The minimum Gasteiger partial charge on any atom is -0.423 e. The number of amides is 1. The Labute approximate surface area is 160 Å². The number of benzene rings is 2. The van der Waals surface area contributed by atoms with E-state index in [1.165, 1.54) is 6.39 Å². The monoisotopic (exact) mass is 370 g/mol. The highest BCUT2D eigenvalue weighted by atomic mass is 16.4. The van der Waals surface area contributed by atoms with Crippen LogP contribution in [-0.2, 0) is 0 Å². The van der Waals surface area contributed by atoms with Crippen molar-refractivity contribution in [2.45, 2.75) is 6.04 Å². The fourth-order valence-electron chi connectivity index (χ4n) is 2.70. The quantitative estimate of drug-likeness (QED) is 0.578. The number of carbonyl (C=O) groups is 1. The van der Waals surface area contributed by atoms with Crippen LogP contribution in [0.2, 0.25) is 0 Å². The van der Waals surface area contributed by atoms with E-state index >= 15 is 0 Å². The van der Waals surface area contributed by atoms with Gasteiger partial charge in [0.05, 0.1) is 18.0 Å². The van der Waals surface area contributed by atoms with Crippen molar-refractivity contribution in [1.82, 2.24) is 25.3 Å². The highest BCUT2D eigenvalue weighted by Gasteiger charge is 2.18. The molecule has 4 aromatic rings. The topological polar surface area (TPSA) is 110 Å². The van der Waals surface area contributed by atoms with Crippen molar-refractivity contribution in [3.8, 4) is 23.2 Å². The van der Waals surface area contributed by atoms with Gasteiger partial charge in [-0.05, 0) is 30.3 Å². The van der Waals surface area contributed by atoms with E-state index in [4.69, 9.17) is 4.42 Å². The molecule has 28 heavy (non-hydrogen) atoms. The molecular formula is C20H14N6O2. The van der Waals surface area contributed by atoms with Crippen LogP contribution in [0.4, 0.5) is 0 Å². The van der Waals surface area contributed by atoms with Gasteiger partial charge in [0, 0.05) is 22.9 Å². The fourth-order valence-corrected chi connectivity index (χ4v) is 2.70. The van der Waals surface area contributed by atoms with Gasteiger partial charge in [-0.1, -0.05) is 24.3 Å². The number of carbonyl (C=O) groups excluding carboxylic acids is 1. The van der Waals surface area contributed by atoms with Gasteiger partial charge >= 0.3 is 0 Å². The number of hydrogen-bond acceptors (Lipinski definition) is 6. The molecule has 0 saturated carbocycles. The highest BCUT2D eigenvalue weighted by Crippen LogP contribution is 2.19. The lowest BCUT2D eigenvalue weighted by Gasteiger charge is -2.10. The summed E-state index contributed by atoms with van der Waals surface area (Å²) in [6.45, 7) is 0. The maximum atomic E-state index is 12.6. The average Bonchev–Trinajstić information content (AvgIpc) is 3.45. The Balaban J connectivity index is 1.53. The third kappa shape index (κ3) is 3.50. The van der Waals surface area contributed by atoms with Gasteiger partial charge in [-0.2, -0.15) is 10.4 Å². The van der Waals surface area contributed by atoms with Crippen molar-refractivity contribution in [3.63, 3.8) is 0 Å². The third-order valence-electron chi connectivity index (χ3n) is 4.09. The van der Waals surface area contributed by atoms with Crippen molar-refractivity contribution in [2.75, 3.05) is 0 Å². The minimum atomic E-state index is -0.836. The Kier molecular flexibility index (Phi) is 4.63. The largest absolute Gasteiger partial charge is 0.423 e. The maximum absolute atomic E-state index is 12.6. The minimum absolute atomic E-state index is 0.315. The molecule has 1 amide bonds. The van der Waals surface area contributed by atoms with Crippen LogP contribution >= 0.6 is 0 Å². The SMILES string of the molecule is N#CC(NC(=O)c1cccc(-c2nnco2)c1)c1cnn(-c2ccccc2)c1. The van der Waals surface area contributed by atoms with Gasteiger partial charge in [0.1, 0.15) is 6.04 Å². The van der Waals surface area contributed by atoms with Gasteiger partial charge in [-0.3, -0.25) is 4.79 Å². The zero-order valence-corrected chi connectivity index (χ0v) is 14.6. The second-order valence-electron chi connectivity index (χ2n) is 5.91. The summed E-state index contributed by atoms with van der Waals surface area (Å²) in [6, 6.07) is 17.5. The van der Waals surface area contributed by atoms with E-state index < -0.39 is 6.04 Å². The van der Waals surface area contributed by atoms with Crippen molar-refractivity contribution in [2.24, 2.45) is 0 Å². The van der Waals surface area contributed by atoms with Crippen LogP contribution in [0.5, 0.6) is 0 Å². The Bertz CT molecular complexity index is 1130. The van der Waals surface area contributed by atoms with Crippen molar-refractivity contribution >= 4 is 5.91 Å². The summed E-state index contributed by atoms with van der Waals surface area (Å²) >= 11 is 0. The predicted octanol–water partition coefficient (Wildman–Crippen LogP) is 2.92. The molecule has 1 unspecified atom stereocenters. The summed E-state index contributed by atoms with van der Waals surface area (Å²) in [5.41, 5.74) is 2.46. The van der Waals surface area contributed by atoms with Gasteiger partial charge in [-0.15, -0.1) is 10.2 Å². The van der Waals surface area contributed by atoms with Crippen LogP contribution in [0.15, 0.2) is 77.8 Å². The summed E-state index contributed by atoms with van der Waals surface area (Å²) < 4.78 is 6.81. The first kappa shape index (κ1) is 17.2. The van der Waals surface area contributed by atoms with E-state index in [1.54, 1.807) is 41.3 Å². The molecule has 0 fully saturated rings. The number of hydrogen-bond donors (Lipinski definition) is 1. The maximum Gasteiger partial charge on any atom is 0.252 e. The molecule has 2 aromatic carbocycles. The number of nitrogens with one attached hydrogen (secondary N) is 1. The number of rotatable bonds is 5. The van der Waals surface area contributed by atoms with Crippen LogP contribution < -0.4 is 5.32 Å². The number of para-hydroxylation sites is 1. The Morgan fingerprint density at radius 1 is 1.18 bits per heavy atom. The summed E-state index contributed by atoms with van der Waals surface area (Å²) in [6.07, 6.45) is 4.51. The van der Waals surface area contributed by atoms with E-state index in [0.29, 0.717) is 22.6 Å². The first-order chi connectivity index (χ1) is 13.7. The lowest BCUT2D eigenvalue weighted by atomic mass is 10.1. The highest BCUT2D eigenvalue weighted by molar-refractivity contribution is 5.95. The standard InChI is InChI=1S/C20H14N6O2/c21-10-18(16-11-23-26(12-16)17-7-2-1-3-8-17)24-19(27)14-5-4-6-15(9-14)20-25-22-13-28-20/h1-9,11-13,18H,(H,24,27). The molecule has 1 N–H and O–H groups in total. The second kappa shape index (κ2) is 7.55. The summed E-state index contributed by atoms with van der Waals surface area (Å²) in [4.78, 5) is 12.6. The number of nitrogens with zero attached hydrogens (tertiary/aromatic N) is 5. The van der Waals surface area contributed by atoms with Crippen LogP contribution in [-0.4, -0.2) is 25.9 Å². The molecule has 2 heterocycles. The first-order valence-corrected chi connectivity index (χ1v) is 8.41. The van der Waals surface area contributed by atoms with E-state index in [2.05, 4.69) is 26.7 Å². The Morgan fingerprint density at radius 3 is 2.79 bits per heavy atom. The molecule has 1 atom stereocenters. The molecule has 0 radical (unpaired) electrons. The summed E-state index contributed by atoms with van der Waals surface area (Å²) in [5.74, 6) is -0.0732. The predicted molar refractivity (Wildman–Crippen MR) is 99.1 cm³/mol. The van der Waals surface area contributed by atoms with Crippen LogP contribution in [0, 0.1) is 11.3 Å².